The molecule has 0 aliphatic carbocycles. The molecular formula is C33H25N4+. The van der Waals surface area contributed by atoms with Crippen molar-refractivity contribution in [1.29, 1.82) is 10.5 Å². The largest absolute Gasteiger partial charge is 0.339 e. The fourth-order valence-electron chi connectivity index (χ4n) is 5.59. The molecular weight excluding hydrogens is 452 g/mol. The Morgan fingerprint density at radius 1 is 0.757 bits per heavy atom. The van der Waals surface area contributed by atoms with Crippen LogP contribution >= 0.6 is 0 Å². The maximum atomic E-state index is 9.23. The zero-order valence-corrected chi connectivity index (χ0v) is 20.4. The minimum atomic E-state index is 0.467. The Balaban J connectivity index is 1.40. The van der Waals surface area contributed by atoms with Gasteiger partial charge < -0.3 is 4.57 Å². The Kier molecular flexibility index (Phi) is 5.85. The van der Waals surface area contributed by atoms with Crippen LogP contribution in [0, 0.1) is 22.7 Å². The van der Waals surface area contributed by atoms with Gasteiger partial charge in [0, 0.05) is 40.3 Å². The highest BCUT2D eigenvalue weighted by molar-refractivity contribution is 6.19. The van der Waals surface area contributed by atoms with Crippen LogP contribution in [0.1, 0.15) is 18.4 Å². The topological polar surface area (TPSA) is 55.5 Å². The second-order valence-electron chi connectivity index (χ2n) is 9.16. The molecule has 4 aromatic carbocycles. The molecule has 2 heterocycles. The molecule has 0 N–H and O–H groups in total. The molecule has 0 atom stereocenters. The molecule has 0 saturated heterocycles. The highest BCUT2D eigenvalue weighted by Crippen LogP contribution is 2.35. The quantitative estimate of drug-likeness (QED) is 0.198. The number of allylic oxidation sites excluding steroid dienone is 4. The zero-order chi connectivity index (χ0) is 25.2. The Bertz CT molecular complexity index is 1890. The van der Waals surface area contributed by atoms with E-state index < -0.39 is 0 Å². The first kappa shape index (κ1) is 22.5. The molecule has 4 heteroatoms. The molecule has 5 aromatic rings. The number of benzene rings is 4. The molecule has 0 unspecified atom stereocenters. The van der Waals surface area contributed by atoms with E-state index in [1.165, 1.54) is 43.7 Å². The molecule has 1 aliphatic heterocycles. The van der Waals surface area contributed by atoms with Crippen LogP contribution in [0.2, 0.25) is 0 Å². The van der Waals surface area contributed by atoms with Gasteiger partial charge in [-0.05, 0) is 29.0 Å². The number of aromatic nitrogens is 1. The number of hydrogen-bond donors (Lipinski definition) is 0. The number of aryl methyl sites for hydroxylation is 1. The number of rotatable bonds is 7. The highest BCUT2D eigenvalue weighted by atomic mass is 15.0. The predicted octanol–water partition coefficient (Wildman–Crippen LogP) is 6.53. The van der Waals surface area contributed by atoms with Crippen molar-refractivity contribution >= 4 is 49.9 Å². The summed E-state index contributed by atoms with van der Waals surface area (Å²) in [6.07, 6.45) is 11.4. The lowest BCUT2D eigenvalue weighted by atomic mass is 10.0. The second-order valence-corrected chi connectivity index (χ2v) is 9.16. The van der Waals surface area contributed by atoms with E-state index in [9.17, 15) is 10.5 Å². The first-order chi connectivity index (χ1) is 18.3. The molecule has 1 aromatic heterocycles. The molecule has 0 amide bonds. The van der Waals surface area contributed by atoms with Gasteiger partial charge in [0.25, 0.3) is 0 Å². The average Bonchev–Trinajstić information content (AvgIpc) is 3.41. The lowest BCUT2D eigenvalue weighted by molar-refractivity contribution is -0.433. The summed E-state index contributed by atoms with van der Waals surface area (Å²) in [5.41, 5.74) is 4.65. The summed E-state index contributed by atoms with van der Waals surface area (Å²) in [5, 5.41) is 25.7. The van der Waals surface area contributed by atoms with Crippen LogP contribution in [-0.4, -0.2) is 21.4 Å². The van der Waals surface area contributed by atoms with Gasteiger partial charge in [0.05, 0.1) is 35.9 Å². The molecule has 0 spiro atoms. The molecule has 4 nitrogen and oxygen atoms in total. The zero-order valence-electron chi connectivity index (χ0n) is 20.4. The smallest absolute Gasteiger partial charge is 0.214 e. The Morgan fingerprint density at radius 2 is 1.49 bits per heavy atom. The summed E-state index contributed by atoms with van der Waals surface area (Å²) < 4.78 is 4.50. The maximum absolute atomic E-state index is 9.23. The van der Waals surface area contributed by atoms with E-state index in [1.54, 1.807) is 0 Å². The lowest BCUT2D eigenvalue weighted by Gasteiger charge is -2.03. The Morgan fingerprint density at radius 3 is 2.30 bits per heavy atom. The fraction of sp³-hybridized carbons (Fsp3) is 0.121. The molecule has 0 saturated carbocycles. The van der Waals surface area contributed by atoms with Gasteiger partial charge in [0.2, 0.25) is 11.4 Å². The van der Waals surface area contributed by atoms with Crippen molar-refractivity contribution in [2.45, 2.75) is 19.4 Å². The van der Waals surface area contributed by atoms with Crippen LogP contribution in [0.15, 0.2) is 97.1 Å². The van der Waals surface area contributed by atoms with Gasteiger partial charge in [-0.3, -0.25) is 0 Å². The number of nitrogens with zero attached hydrogens (tertiary/aromatic N) is 4. The van der Waals surface area contributed by atoms with Gasteiger partial charge in [0.1, 0.15) is 0 Å². The normalized spacial score (nSPS) is 13.6. The van der Waals surface area contributed by atoms with Crippen LogP contribution in [0.25, 0.3) is 38.5 Å². The average molecular weight is 478 g/mol. The van der Waals surface area contributed by atoms with Crippen LogP contribution in [0.4, 0.5) is 5.69 Å². The monoisotopic (exact) mass is 477 g/mol. The predicted molar refractivity (Wildman–Crippen MR) is 151 cm³/mol. The van der Waals surface area contributed by atoms with Crippen molar-refractivity contribution in [2.75, 3.05) is 6.54 Å². The fourth-order valence-corrected chi connectivity index (χ4v) is 5.59. The SMILES string of the molecule is N#CCCn1\c(=C/C=C/C=C/C2=[N+](CCC#N)c3cccc4cccc2c34)c2cccc3cccc1c32. The van der Waals surface area contributed by atoms with Gasteiger partial charge in [-0.2, -0.15) is 15.1 Å². The summed E-state index contributed by atoms with van der Waals surface area (Å²) in [4.78, 5) is 0. The molecule has 0 radical (unpaired) electrons. The standard InChI is InChI=1S/C33H25N4/c34-20-8-22-36-28(26-14-4-10-24-12-6-18-30(36)32(24)26)16-2-1-3-17-29-27-15-5-11-25-13-7-19-31(33(25)27)37(29)23-9-21-35/h1-7,10-19H,8-9,22-23H2/q+1. The van der Waals surface area contributed by atoms with Crippen LogP contribution in [0.3, 0.4) is 0 Å². The molecule has 176 valence electrons. The summed E-state index contributed by atoms with van der Waals surface area (Å²) in [5.74, 6) is 0. The van der Waals surface area contributed by atoms with E-state index in [2.05, 4.69) is 124 Å². The van der Waals surface area contributed by atoms with Gasteiger partial charge in [0.15, 0.2) is 6.54 Å². The van der Waals surface area contributed by atoms with Gasteiger partial charge in [-0.25, -0.2) is 0 Å². The molecule has 37 heavy (non-hydrogen) atoms. The lowest BCUT2D eigenvalue weighted by Crippen LogP contribution is -2.16. The van der Waals surface area contributed by atoms with E-state index in [0.29, 0.717) is 25.9 Å². The van der Waals surface area contributed by atoms with Crippen LogP contribution in [0.5, 0.6) is 0 Å². The van der Waals surface area contributed by atoms with Crippen LogP contribution in [-0.2, 0) is 6.54 Å². The van der Waals surface area contributed by atoms with E-state index in [-0.39, 0.29) is 0 Å². The van der Waals surface area contributed by atoms with Crippen molar-refractivity contribution in [3.05, 3.63) is 108 Å². The minimum absolute atomic E-state index is 0.467. The van der Waals surface area contributed by atoms with Crippen molar-refractivity contribution < 1.29 is 4.58 Å². The van der Waals surface area contributed by atoms with Gasteiger partial charge >= 0.3 is 0 Å². The van der Waals surface area contributed by atoms with E-state index >= 15 is 0 Å². The van der Waals surface area contributed by atoms with Crippen molar-refractivity contribution in [3.63, 3.8) is 0 Å². The first-order valence-corrected chi connectivity index (χ1v) is 12.6. The van der Waals surface area contributed by atoms with Crippen molar-refractivity contribution in [3.8, 4) is 12.1 Å². The maximum Gasteiger partial charge on any atom is 0.214 e. The van der Waals surface area contributed by atoms with Gasteiger partial charge in [-0.15, -0.1) is 0 Å². The Hall–Kier alpha value is -4.93. The number of hydrogen-bond acceptors (Lipinski definition) is 2. The van der Waals surface area contributed by atoms with E-state index in [4.69, 9.17) is 0 Å². The third-order valence-corrected chi connectivity index (χ3v) is 7.11. The van der Waals surface area contributed by atoms with E-state index in [1.807, 2.05) is 0 Å². The molecule has 1 aliphatic rings. The third kappa shape index (κ3) is 3.80. The minimum Gasteiger partial charge on any atom is -0.339 e. The first-order valence-electron chi connectivity index (χ1n) is 12.6. The second kappa shape index (κ2) is 9.61. The molecule has 0 bridgehead atoms. The van der Waals surface area contributed by atoms with Crippen molar-refractivity contribution in [1.82, 2.24) is 4.57 Å². The van der Waals surface area contributed by atoms with Gasteiger partial charge in [-0.1, -0.05) is 72.8 Å². The summed E-state index contributed by atoms with van der Waals surface area (Å²) in [7, 11) is 0. The highest BCUT2D eigenvalue weighted by Gasteiger charge is 2.29. The molecule has 0 fully saturated rings. The van der Waals surface area contributed by atoms with E-state index in [0.717, 1.165) is 11.1 Å². The number of nitriles is 2. The van der Waals surface area contributed by atoms with Crippen molar-refractivity contribution in [2.24, 2.45) is 0 Å². The summed E-state index contributed by atoms with van der Waals surface area (Å²) >= 11 is 0. The third-order valence-electron chi connectivity index (χ3n) is 7.11. The molecule has 6 rings (SSSR count). The summed E-state index contributed by atoms with van der Waals surface area (Å²) in [6.45, 7) is 1.32. The Labute approximate surface area is 215 Å². The van der Waals surface area contributed by atoms with Crippen LogP contribution < -0.4 is 5.35 Å². The summed E-state index contributed by atoms with van der Waals surface area (Å²) in [6, 6.07) is 30.1.